The van der Waals surface area contributed by atoms with Gasteiger partial charge in [-0.05, 0) is 36.8 Å². The Morgan fingerprint density at radius 1 is 1.33 bits per heavy atom. The fourth-order valence-corrected chi connectivity index (χ4v) is 3.47. The molecule has 1 heterocycles. The highest BCUT2D eigenvalue weighted by atomic mass is 16.2. The van der Waals surface area contributed by atoms with Crippen molar-refractivity contribution in [1.29, 1.82) is 0 Å². The molecule has 4 amide bonds. The van der Waals surface area contributed by atoms with E-state index < -0.39 is 17.5 Å². The number of nitrogens with zero attached hydrogens (tertiary/aromatic N) is 1. The molecule has 0 unspecified atom stereocenters. The Hall–Kier alpha value is -2.81. The van der Waals surface area contributed by atoms with Crippen molar-refractivity contribution in [2.75, 3.05) is 13.1 Å². The first-order chi connectivity index (χ1) is 11.6. The van der Waals surface area contributed by atoms with Crippen molar-refractivity contribution in [3.05, 3.63) is 35.4 Å². The number of rotatable bonds is 3. The maximum atomic E-state index is 13.0. The van der Waals surface area contributed by atoms with E-state index in [0.29, 0.717) is 6.42 Å². The van der Waals surface area contributed by atoms with E-state index in [2.05, 4.69) is 16.6 Å². The van der Waals surface area contributed by atoms with Crippen LogP contribution in [0.3, 0.4) is 0 Å². The molecule has 1 aliphatic heterocycles. The minimum Gasteiger partial charge on any atom is -0.344 e. The molecular weight excluding hydrogens is 306 g/mol. The Morgan fingerprint density at radius 2 is 2.12 bits per heavy atom. The van der Waals surface area contributed by atoms with Crippen LogP contribution in [0, 0.1) is 12.3 Å². The number of fused-ring (bicyclic) bond motifs is 2. The highest BCUT2D eigenvalue weighted by molar-refractivity contribution is 6.09. The molecule has 0 saturated carbocycles. The van der Waals surface area contributed by atoms with Gasteiger partial charge in [-0.15, -0.1) is 6.42 Å². The van der Waals surface area contributed by atoms with Gasteiger partial charge in [-0.1, -0.05) is 30.2 Å². The summed E-state index contributed by atoms with van der Waals surface area (Å²) in [5, 5.41) is 5.32. The summed E-state index contributed by atoms with van der Waals surface area (Å²) in [5.74, 6) is 1.48. The third kappa shape index (κ3) is 2.62. The summed E-state index contributed by atoms with van der Waals surface area (Å²) in [5.41, 5.74) is 0.853. The van der Waals surface area contributed by atoms with Crippen LogP contribution in [0.5, 0.6) is 0 Å². The van der Waals surface area contributed by atoms with Crippen LogP contribution in [0.4, 0.5) is 4.79 Å². The average molecular weight is 325 g/mol. The molecule has 6 nitrogen and oxygen atoms in total. The van der Waals surface area contributed by atoms with Crippen LogP contribution in [-0.4, -0.2) is 35.8 Å². The molecule has 1 fully saturated rings. The molecule has 6 heteroatoms. The highest BCUT2D eigenvalue weighted by Crippen LogP contribution is 2.38. The molecule has 1 aromatic carbocycles. The van der Waals surface area contributed by atoms with Crippen LogP contribution in [-0.2, 0) is 21.5 Å². The Labute approximate surface area is 140 Å². The van der Waals surface area contributed by atoms with Crippen LogP contribution in [0.15, 0.2) is 24.3 Å². The van der Waals surface area contributed by atoms with Crippen molar-refractivity contribution in [2.45, 2.75) is 31.2 Å². The molecule has 124 valence electrons. The first kappa shape index (κ1) is 16.1. The molecule has 1 aliphatic carbocycles. The summed E-state index contributed by atoms with van der Waals surface area (Å²) in [6.07, 6.45) is 8.31. The van der Waals surface area contributed by atoms with E-state index in [9.17, 15) is 14.4 Å². The number of amides is 4. The first-order valence-electron chi connectivity index (χ1n) is 8.01. The number of imide groups is 1. The number of aryl methyl sites for hydroxylation is 1. The number of carbonyl (C=O) groups excluding carboxylic acids is 3. The summed E-state index contributed by atoms with van der Waals surface area (Å²) in [4.78, 5) is 38.2. The van der Waals surface area contributed by atoms with Gasteiger partial charge in [0.15, 0.2) is 0 Å². The number of carbonyl (C=O) groups is 3. The fraction of sp³-hybridized carbons (Fsp3) is 0.389. The zero-order valence-electron chi connectivity index (χ0n) is 13.3. The van der Waals surface area contributed by atoms with E-state index in [1.807, 2.05) is 24.3 Å². The van der Waals surface area contributed by atoms with E-state index in [0.717, 1.165) is 35.3 Å². The molecule has 0 bridgehead atoms. The van der Waals surface area contributed by atoms with Crippen molar-refractivity contribution in [3.8, 4) is 12.3 Å². The lowest BCUT2D eigenvalue weighted by molar-refractivity contribution is -0.135. The van der Waals surface area contributed by atoms with Crippen molar-refractivity contribution < 1.29 is 14.4 Å². The lowest BCUT2D eigenvalue weighted by Gasteiger charge is -2.27. The maximum absolute atomic E-state index is 13.0. The smallest absolute Gasteiger partial charge is 0.325 e. The third-order valence-corrected chi connectivity index (χ3v) is 4.59. The van der Waals surface area contributed by atoms with Crippen LogP contribution in [0.1, 0.15) is 30.4 Å². The van der Waals surface area contributed by atoms with Gasteiger partial charge in [0.1, 0.15) is 12.1 Å². The van der Waals surface area contributed by atoms with Crippen molar-refractivity contribution >= 4 is 17.8 Å². The Balaban J connectivity index is 1.90. The van der Waals surface area contributed by atoms with Gasteiger partial charge in [0.25, 0.3) is 5.91 Å². The van der Waals surface area contributed by atoms with Crippen molar-refractivity contribution in [2.24, 2.45) is 0 Å². The molecule has 1 spiro atoms. The molecule has 1 atom stereocenters. The number of urea groups is 1. The zero-order chi connectivity index (χ0) is 17.2. The molecular formula is C18H19N3O3. The number of terminal acetylenes is 1. The lowest BCUT2D eigenvalue weighted by atomic mass is 9.84. The number of benzene rings is 1. The van der Waals surface area contributed by atoms with E-state index in [1.54, 1.807) is 0 Å². The van der Waals surface area contributed by atoms with Gasteiger partial charge >= 0.3 is 6.03 Å². The molecule has 24 heavy (non-hydrogen) atoms. The lowest BCUT2D eigenvalue weighted by Crippen LogP contribution is -2.45. The van der Waals surface area contributed by atoms with E-state index in [-0.39, 0.29) is 19.0 Å². The van der Waals surface area contributed by atoms with Gasteiger partial charge in [-0.2, -0.15) is 0 Å². The number of hydrogen-bond acceptors (Lipinski definition) is 3. The summed E-state index contributed by atoms with van der Waals surface area (Å²) in [6, 6.07) is 7.15. The van der Waals surface area contributed by atoms with Gasteiger partial charge in [0, 0.05) is 0 Å². The highest BCUT2D eigenvalue weighted by Gasteiger charge is 2.53. The second-order valence-corrected chi connectivity index (χ2v) is 6.07. The minimum atomic E-state index is -1.06. The molecule has 2 aliphatic rings. The van der Waals surface area contributed by atoms with Gasteiger partial charge in [-0.3, -0.25) is 14.5 Å². The normalized spacial score (nSPS) is 22.5. The second kappa shape index (κ2) is 6.36. The van der Waals surface area contributed by atoms with Crippen LogP contribution in [0.2, 0.25) is 0 Å². The topological polar surface area (TPSA) is 78.5 Å². The van der Waals surface area contributed by atoms with Crippen molar-refractivity contribution in [1.82, 2.24) is 15.5 Å². The molecule has 2 N–H and O–H groups in total. The standard InChI is InChI=1S/C18H19N3O3/c1-2-11-19-15(22)12-21-16(23)18(20-17(21)24)10-6-5-8-13-7-3-4-9-14(13)18/h1,3-4,7,9H,5-6,8,10-12H2,(H,19,22)(H,20,24)/t18-/m0/s1. The van der Waals surface area contributed by atoms with E-state index in [1.165, 1.54) is 0 Å². The molecule has 0 radical (unpaired) electrons. The second-order valence-electron chi connectivity index (χ2n) is 6.07. The minimum absolute atomic E-state index is 0.0659. The summed E-state index contributed by atoms with van der Waals surface area (Å²) in [7, 11) is 0. The molecule has 1 saturated heterocycles. The Morgan fingerprint density at radius 3 is 2.92 bits per heavy atom. The summed E-state index contributed by atoms with van der Waals surface area (Å²) in [6.45, 7) is -0.257. The predicted molar refractivity (Wildman–Crippen MR) is 87.8 cm³/mol. The molecule has 3 rings (SSSR count). The predicted octanol–water partition coefficient (Wildman–Crippen LogP) is 0.909. The van der Waals surface area contributed by atoms with Crippen LogP contribution < -0.4 is 10.6 Å². The van der Waals surface area contributed by atoms with Crippen LogP contribution in [0.25, 0.3) is 0 Å². The largest absolute Gasteiger partial charge is 0.344 e. The monoisotopic (exact) mass is 325 g/mol. The molecule has 1 aromatic rings. The van der Waals surface area contributed by atoms with Crippen LogP contribution >= 0.6 is 0 Å². The maximum Gasteiger partial charge on any atom is 0.325 e. The summed E-state index contributed by atoms with van der Waals surface area (Å²) >= 11 is 0. The summed E-state index contributed by atoms with van der Waals surface area (Å²) < 4.78 is 0. The first-order valence-corrected chi connectivity index (χ1v) is 8.01. The molecule has 0 aromatic heterocycles. The quantitative estimate of drug-likeness (QED) is 0.640. The fourth-order valence-electron chi connectivity index (χ4n) is 3.47. The average Bonchev–Trinajstić information content (AvgIpc) is 2.74. The SMILES string of the molecule is C#CCNC(=O)CN1C(=O)N[C@]2(CCCCc3ccccc32)C1=O. The number of hydrogen-bond donors (Lipinski definition) is 2. The number of nitrogens with one attached hydrogen (secondary N) is 2. The van der Waals surface area contributed by atoms with E-state index >= 15 is 0 Å². The zero-order valence-corrected chi connectivity index (χ0v) is 13.3. The van der Waals surface area contributed by atoms with Gasteiger partial charge in [0.2, 0.25) is 5.91 Å². The van der Waals surface area contributed by atoms with E-state index in [4.69, 9.17) is 6.42 Å². The Bertz CT molecular complexity index is 737. The van der Waals surface area contributed by atoms with Gasteiger partial charge in [0.05, 0.1) is 6.54 Å². The third-order valence-electron chi connectivity index (χ3n) is 4.59. The van der Waals surface area contributed by atoms with Crippen molar-refractivity contribution in [3.63, 3.8) is 0 Å². The Kier molecular flexibility index (Phi) is 4.26. The van der Waals surface area contributed by atoms with Gasteiger partial charge < -0.3 is 10.6 Å². The van der Waals surface area contributed by atoms with Gasteiger partial charge in [-0.25, -0.2) is 4.79 Å².